The van der Waals surface area contributed by atoms with Gasteiger partial charge in [-0.25, -0.2) is 13.2 Å². The van der Waals surface area contributed by atoms with Gasteiger partial charge < -0.3 is 14.9 Å². The molecule has 0 heterocycles. The zero-order valence-corrected chi connectivity index (χ0v) is 12.8. The molecule has 0 aromatic heterocycles. The van der Waals surface area contributed by atoms with Crippen molar-refractivity contribution in [3.8, 4) is 5.75 Å². The SMILES string of the molecule is CCOCCN(CC)S(=O)(=O)c1ccc(O)c(C(=O)O)c1. The number of phenols is 1. The molecule has 118 valence electrons. The predicted molar refractivity (Wildman–Crippen MR) is 76.0 cm³/mol. The molecule has 1 rings (SSSR count). The Bertz CT molecular complexity index is 599. The summed E-state index contributed by atoms with van der Waals surface area (Å²) >= 11 is 0. The highest BCUT2D eigenvalue weighted by Gasteiger charge is 2.24. The summed E-state index contributed by atoms with van der Waals surface area (Å²) in [6.07, 6.45) is 0. The van der Waals surface area contributed by atoms with Gasteiger partial charge in [0.1, 0.15) is 11.3 Å². The first-order chi connectivity index (χ1) is 9.84. The Labute approximate surface area is 123 Å². The molecule has 0 spiro atoms. The number of benzene rings is 1. The van der Waals surface area contributed by atoms with E-state index < -0.39 is 27.3 Å². The van der Waals surface area contributed by atoms with Gasteiger partial charge in [0.05, 0.1) is 11.5 Å². The molecule has 21 heavy (non-hydrogen) atoms. The minimum absolute atomic E-state index is 0.170. The largest absolute Gasteiger partial charge is 0.507 e. The molecule has 8 heteroatoms. The predicted octanol–water partition coefficient (Wildman–Crippen LogP) is 1.14. The molecule has 0 radical (unpaired) electrons. The van der Waals surface area contributed by atoms with Gasteiger partial charge in [-0.2, -0.15) is 4.31 Å². The Morgan fingerprint density at radius 2 is 2.00 bits per heavy atom. The molecule has 0 atom stereocenters. The van der Waals surface area contributed by atoms with Gasteiger partial charge in [0, 0.05) is 19.7 Å². The molecule has 7 nitrogen and oxygen atoms in total. The smallest absolute Gasteiger partial charge is 0.339 e. The van der Waals surface area contributed by atoms with Gasteiger partial charge in [-0.05, 0) is 25.1 Å². The van der Waals surface area contributed by atoms with Crippen molar-refractivity contribution < 1.29 is 28.2 Å². The van der Waals surface area contributed by atoms with Gasteiger partial charge >= 0.3 is 5.97 Å². The van der Waals surface area contributed by atoms with E-state index in [0.717, 1.165) is 12.1 Å². The fourth-order valence-corrected chi connectivity index (χ4v) is 3.21. The highest BCUT2D eigenvalue weighted by Crippen LogP contribution is 2.23. The normalized spacial score (nSPS) is 11.8. The van der Waals surface area contributed by atoms with Crippen LogP contribution in [0.4, 0.5) is 0 Å². The van der Waals surface area contributed by atoms with Crippen LogP contribution < -0.4 is 0 Å². The Hall–Kier alpha value is -1.64. The summed E-state index contributed by atoms with van der Waals surface area (Å²) in [6, 6.07) is 3.20. The zero-order valence-electron chi connectivity index (χ0n) is 11.9. The van der Waals surface area contributed by atoms with Gasteiger partial charge in [-0.15, -0.1) is 0 Å². The maximum absolute atomic E-state index is 12.4. The van der Waals surface area contributed by atoms with Crippen LogP contribution in [0.3, 0.4) is 0 Å². The first-order valence-corrected chi connectivity index (χ1v) is 7.92. The quantitative estimate of drug-likeness (QED) is 0.697. The second-order valence-corrected chi connectivity index (χ2v) is 6.12. The molecule has 0 unspecified atom stereocenters. The lowest BCUT2D eigenvalue weighted by Gasteiger charge is -2.20. The molecule has 0 bridgehead atoms. The first-order valence-electron chi connectivity index (χ1n) is 6.48. The number of likely N-dealkylation sites (N-methyl/N-ethyl adjacent to an activating group) is 1. The van der Waals surface area contributed by atoms with E-state index in [1.165, 1.54) is 10.4 Å². The molecule has 0 aliphatic rings. The average Bonchev–Trinajstić information content (AvgIpc) is 2.43. The van der Waals surface area contributed by atoms with Crippen LogP contribution in [0.15, 0.2) is 23.1 Å². The van der Waals surface area contributed by atoms with Crippen LogP contribution in [0.25, 0.3) is 0 Å². The van der Waals surface area contributed by atoms with Crippen molar-refractivity contribution in [1.82, 2.24) is 4.31 Å². The fraction of sp³-hybridized carbons (Fsp3) is 0.462. The number of aromatic carboxylic acids is 1. The average molecular weight is 317 g/mol. The molecule has 0 saturated heterocycles. The van der Waals surface area contributed by atoms with Crippen molar-refractivity contribution in [2.45, 2.75) is 18.7 Å². The molecule has 1 aromatic rings. The highest BCUT2D eigenvalue weighted by molar-refractivity contribution is 7.89. The van der Waals surface area contributed by atoms with E-state index in [9.17, 15) is 18.3 Å². The standard InChI is InChI=1S/C13H19NO6S/c1-3-14(7-8-20-4-2)21(18,19)10-5-6-12(15)11(9-10)13(16)17/h5-6,9,15H,3-4,7-8H2,1-2H3,(H,16,17). The Morgan fingerprint density at radius 1 is 1.33 bits per heavy atom. The van der Waals surface area contributed by atoms with Crippen LogP contribution in [-0.2, 0) is 14.8 Å². The number of rotatable bonds is 8. The fourth-order valence-electron chi connectivity index (χ4n) is 1.75. The summed E-state index contributed by atoms with van der Waals surface area (Å²) in [4.78, 5) is 10.8. The van der Waals surface area contributed by atoms with Crippen LogP contribution in [0.1, 0.15) is 24.2 Å². The summed E-state index contributed by atoms with van der Waals surface area (Å²) in [7, 11) is -3.83. The number of aromatic hydroxyl groups is 1. The molecule has 0 aliphatic heterocycles. The summed E-state index contributed by atoms with van der Waals surface area (Å²) < 4.78 is 31.2. The summed E-state index contributed by atoms with van der Waals surface area (Å²) in [5.74, 6) is -1.86. The third kappa shape index (κ3) is 4.16. The molecule has 0 aliphatic carbocycles. The molecule has 1 aromatic carbocycles. The van der Waals surface area contributed by atoms with Crippen molar-refractivity contribution in [3.05, 3.63) is 23.8 Å². The van der Waals surface area contributed by atoms with Gasteiger partial charge in [-0.3, -0.25) is 0 Å². The minimum Gasteiger partial charge on any atom is -0.507 e. The maximum Gasteiger partial charge on any atom is 0.339 e. The van der Waals surface area contributed by atoms with E-state index >= 15 is 0 Å². The van der Waals surface area contributed by atoms with Gasteiger partial charge in [0.2, 0.25) is 10.0 Å². The van der Waals surface area contributed by atoms with Crippen LogP contribution in [0.2, 0.25) is 0 Å². The number of hydrogen-bond donors (Lipinski definition) is 2. The van der Waals surface area contributed by atoms with Crippen molar-refractivity contribution in [1.29, 1.82) is 0 Å². The van der Waals surface area contributed by atoms with Crippen molar-refractivity contribution in [2.75, 3.05) is 26.3 Å². The van der Waals surface area contributed by atoms with E-state index in [-0.39, 0.29) is 24.6 Å². The van der Waals surface area contributed by atoms with E-state index in [0.29, 0.717) is 6.61 Å². The molecular formula is C13H19NO6S. The minimum atomic E-state index is -3.83. The lowest BCUT2D eigenvalue weighted by atomic mass is 10.2. The summed E-state index contributed by atoms with van der Waals surface area (Å²) in [5.41, 5.74) is -0.447. The van der Waals surface area contributed by atoms with Gasteiger partial charge in [0.25, 0.3) is 0 Å². The number of hydrogen-bond acceptors (Lipinski definition) is 5. The Balaban J connectivity index is 3.11. The van der Waals surface area contributed by atoms with E-state index in [1.807, 2.05) is 6.92 Å². The van der Waals surface area contributed by atoms with Crippen LogP contribution in [0.5, 0.6) is 5.75 Å². The Morgan fingerprint density at radius 3 is 2.52 bits per heavy atom. The number of carboxylic acid groups (broad SMARTS) is 1. The third-order valence-electron chi connectivity index (χ3n) is 2.88. The topological polar surface area (TPSA) is 104 Å². The summed E-state index contributed by atoms with van der Waals surface area (Å²) in [6.45, 7) is 4.65. The Kier molecular flexibility index (Phi) is 6.13. The molecular weight excluding hydrogens is 298 g/mol. The van der Waals surface area contributed by atoms with E-state index in [1.54, 1.807) is 6.92 Å². The van der Waals surface area contributed by atoms with Crippen molar-refractivity contribution >= 4 is 16.0 Å². The maximum atomic E-state index is 12.4. The molecule has 0 fully saturated rings. The van der Waals surface area contributed by atoms with Crippen LogP contribution in [-0.4, -0.2) is 55.2 Å². The van der Waals surface area contributed by atoms with Gasteiger partial charge in [-0.1, -0.05) is 6.92 Å². The van der Waals surface area contributed by atoms with Crippen LogP contribution >= 0.6 is 0 Å². The number of nitrogens with zero attached hydrogens (tertiary/aromatic N) is 1. The molecule has 2 N–H and O–H groups in total. The lowest BCUT2D eigenvalue weighted by Crippen LogP contribution is -2.34. The molecule has 0 amide bonds. The number of carbonyl (C=O) groups is 1. The molecule has 0 saturated carbocycles. The van der Waals surface area contributed by atoms with E-state index in [4.69, 9.17) is 9.84 Å². The van der Waals surface area contributed by atoms with Crippen molar-refractivity contribution in [2.24, 2.45) is 0 Å². The second-order valence-electron chi connectivity index (χ2n) is 4.18. The zero-order chi connectivity index (χ0) is 16.0. The van der Waals surface area contributed by atoms with Crippen LogP contribution in [0, 0.1) is 0 Å². The van der Waals surface area contributed by atoms with Gasteiger partial charge in [0.15, 0.2) is 0 Å². The first kappa shape index (κ1) is 17.4. The number of sulfonamides is 1. The van der Waals surface area contributed by atoms with E-state index in [2.05, 4.69) is 0 Å². The van der Waals surface area contributed by atoms with Crippen molar-refractivity contribution in [3.63, 3.8) is 0 Å². The summed E-state index contributed by atoms with van der Waals surface area (Å²) in [5, 5.41) is 18.4. The monoisotopic (exact) mass is 317 g/mol. The third-order valence-corrected chi connectivity index (χ3v) is 4.85. The second kappa shape index (κ2) is 7.39. The lowest BCUT2D eigenvalue weighted by molar-refractivity contribution is 0.0693. The number of carboxylic acids is 1. The number of ether oxygens (including phenoxy) is 1. The highest BCUT2D eigenvalue weighted by atomic mass is 32.2.